The quantitative estimate of drug-likeness (QED) is 0.801. The lowest BCUT2D eigenvalue weighted by atomic mass is 10.2. The first-order valence-electron chi connectivity index (χ1n) is 6.79. The first-order valence-corrected chi connectivity index (χ1v) is 8.04. The summed E-state index contributed by atoms with van der Waals surface area (Å²) in [4.78, 5) is 0. The summed E-state index contributed by atoms with van der Waals surface area (Å²) in [6.45, 7) is 12.0. The minimum Gasteiger partial charge on any atom is -0.294 e. The van der Waals surface area contributed by atoms with E-state index in [9.17, 15) is 4.21 Å². The lowest BCUT2D eigenvalue weighted by Crippen LogP contribution is -2.01. The van der Waals surface area contributed by atoms with Gasteiger partial charge >= 0.3 is 0 Å². The van der Waals surface area contributed by atoms with Gasteiger partial charge in [-0.3, -0.25) is 4.18 Å². The van der Waals surface area contributed by atoms with Crippen LogP contribution in [0.2, 0.25) is 0 Å². The molecule has 0 saturated heterocycles. The van der Waals surface area contributed by atoms with Crippen LogP contribution >= 0.6 is 0 Å². The summed E-state index contributed by atoms with van der Waals surface area (Å²) in [5.41, 5.74) is 1.20. The topological polar surface area (TPSA) is 26.3 Å². The Balaban J connectivity index is -0.000000328. The molecule has 0 bridgehead atoms. The molecule has 1 unspecified atom stereocenters. The second kappa shape index (κ2) is 21.6. The van der Waals surface area contributed by atoms with Crippen molar-refractivity contribution >= 4 is 11.1 Å². The molecule has 1 rings (SSSR count). The van der Waals surface area contributed by atoms with Crippen LogP contribution in [0.1, 0.15) is 47.1 Å². The van der Waals surface area contributed by atoms with Gasteiger partial charge in [-0.05, 0) is 12.0 Å². The van der Waals surface area contributed by atoms with E-state index in [1.807, 2.05) is 71.9 Å². The number of benzene rings is 1. The molecule has 0 aliphatic rings. The Hall–Kier alpha value is -0.670. The van der Waals surface area contributed by atoms with E-state index in [0.717, 1.165) is 6.42 Å². The summed E-state index contributed by atoms with van der Waals surface area (Å²) in [7, 11) is 1.46. The van der Waals surface area contributed by atoms with Crippen LogP contribution in [-0.4, -0.2) is 17.1 Å². The van der Waals surface area contributed by atoms with E-state index in [1.165, 1.54) is 12.7 Å². The van der Waals surface area contributed by atoms with Gasteiger partial charge in [-0.15, -0.1) is 0 Å². The predicted molar refractivity (Wildman–Crippen MR) is 84.2 cm³/mol. The van der Waals surface area contributed by atoms with Gasteiger partial charge in [0.2, 0.25) is 0 Å². The molecule has 108 valence electrons. The molecule has 0 amide bonds. The fourth-order valence-corrected chi connectivity index (χ4v) is 1.50. The van der Waals surface area contributed by atoms with Crippen LogP contribution < -0.4 is 0 Å². The summed E-state index contributed by atoms with van der Waals surface area (Å²) in [5, 5.41) is 0. The van der Waals surface area contributed by atoms with Crippen LogP contribution in [0.3, 0.4) is 0 Å². The van der Waals surface area contributed by atoms with Gasteiger partial charge in [0.05, 0.1) is 12.9 Å². The summed E-state index contributed by atoms with van der Waals surface area (Å²) in [5.74, 6) is 0.570. The normalized spacial score (nSPS) is 9.50. The van der Waals surface area contributed by atoms with Crippen molar-refractivity contribution in [2.75, 3.05) is 12.9 Å². The van der Waals surface area contributed by atoms with E-state index in [1.54, 1.807) is 0 Å². The highest BCUT2D eigenvalue weighted by molar-refractivity contribution is 7.80. The van der Waals surface area contributed by atoms with Crippen molar-refractivity contribution in [2.45, 2.75) is 48.0 Å². The first-order chi connectivity index (χ1) is 8.83. The van der Waals surface area contributed by atoms with Crippen LogP contribution in [0.25, 0.3) is 0 Å². The van der Waals surface area contributed by atoms with E-state index in [2.05, 4.69) is 4.18 Å². The van der Waals surface area contributed by atoms with Crippen molar-refractivity contribution in [1.82, 2.24) is 0 Å². The minimum absolute atomic E-state index is 0.570. The zero-order valence-corrected chi connectivity index (χ0v) is 13.8. The zero-order chi connectivity index (χ0) is 14.8. The maximum atomic E-state index is 10.9. The highest BCUT2D eigenvalue weighted by Gasteiger charge is 1.97. The van der Waals surface area contributed by atoms with Crippen LogP contribution in [0.15, 0.2) is 30.3 Å². The molecule has 1 aromatic carbocycles. The molecule has 0 N–H and O–H groups in total. The monoisotopic (exact) mass is 274 g/mol. The number of hydrogen-bond acceptors (Lipinski definition) is 2. The fourth-order valence-electron chi connectivity index (χ4n) is 0.929. The van der Waals surface area contributed by atoms with Gasteiger partial charge in [-0.2, -0.15) is 0 Å². The van der Waals surface area contributed by atoms with Crippen molar-refractivity contribution in [3.63, 3.8) is 0 Å². The number of hydrogen-bond donors (Lipinski definition) is 0. The third kappa shape index (κ3) is 15.3. The average molecular weight is 274 g/mol. The van der Waals surface area contributed by atoms with Crippen molar-refractivity contribution in [1.29, 1.82) is 0 Å². The van der Waals surface area contributed by atoms with Gasteiger partial charge in [-0.25, -0.2) is 4.21 Å². The molecule has 0 radical (unpaired) electrons. The summed E-state index contributed by atoms with van der Waals surface area (Å²) in [6, 6.07) is 9.96. The Kier molecular flexibility index (Phi) is 27.0. The first kappa shape index (κ1) is 22.5. The SMILES string of the molecule is CC.CC.CC.COS(=O)CCc1ccccc1. The zero-order valence-electron chi connectivity index (χ0n) is 13.0. The smallest absolute Gasteiger partial charge is 0.155 e. The maximum absolute atomic E-state index is 10.9. The van der Waals surface area contributed by atoms with Crippen LogP contribution in [0.4, 0.5) is 0 Å². The van der Waals surface area contributed by atoms with E-state index in [-0.39, 0.29) is 0 Å². The maximum Gasteiger partial charge on any atom is 0.155 e. The largest absolute Gasteiger partial charge is 0.294 e. The van der Waals surface area contributed by atoms with E-state index < -0.39 is 11.1 Å². The van der Waals surface area contributed by atoms with E-state index in [0.29, 0.717) is 5.75 Å². The Morgan fingerprint density at radius 3 is 1.78 bits per heavy atom. The second-order valence-corrected chi connectivity index (χ2v) is 3.76. The standard InChI is InChI=1S/C9H12O2S.3C2H6/c1-11-12(10)8-7-9-5-3-2-4-6-9;3*1-2/h2-6H,7-8H2,1H3;3*1-2H3. The second-order valence-electron chi connectivity index (χ2n) is 2.41. The molecule has 0 aliphatic heterocycles. The summed E-state index contributed by atoms with van der Waals surface area (Å²) in [6.07, 6.45) is 0.807. The van der Waals surface area contributed by atoms with Crippen LogP contribution in [-0.2, 0) is 21.7 Å². The third-order valence-electron chi connectivity index (χ3n) is 1.59. The molecule has 2 nitrogen and oxygen atoms in total. The molecule has 3 heteroatoms. The molecular formula is C15H30O2S. The van der Waals surface area contributed by atoms with Gasteiger partial charge in [-0.1, -0.05) is 71.9 Å². The fraction of sp³-hybridized carbons (Fsp3) is 0.600. The van der Waals surface area contributed by atoms with Gasteiger partial charge in [0, 0.05) is 0 Å². The molecule has 0 aromatic heterocycles. The van der Waals surface area contributed by atoms with E-state index >= 15 is 0 Å². The molecule has 0 fully saturated rings. The van der Waals surface area contributed by atoms with Crippen molar-refractivity contribution in [3.05, 3.63) is 35.9 Å². The molecular weight excluding hydrogens is 244 g/mol. The Bertz CT molecular complexity index is 248. The Labute approximate surface area is 116 Å². The minimum atomic E-state index is -1.13. The molecule has 1 aromatic rings. The molecule has 0 heterocycles. The predicted octanol–water partition coefficient (Wildman–Crippen LogP) is 4.62. The van der Waals surface area contributed by atoms with Crippen LogP contribution in [0, 0.1) is 0 Å². The Morgan fingerprint density at radius 1 is 0.944 bits per heavy atom. The van der Waals surface area contributed by atoms with Gasteiger partial charge in [0.1, 0.15) is 0 Å². The van der Waals surface area contributed by atoms with Crippen molar-refractivity contribution < 1.29 is 8.39 Å². The lowest BCUT2D eigenvalue weighted by Gasteiger charge is -1.98. The molecule has 0 aliphatic carbocycles. The van der Waals surface area contributed by atoms with Crippen LogP contribution in [0.5, 0.6) is 0 Å². The average Bonchev–Trinajstić information content (AvgIpc) is 2.52. The van der Waals surface area contributed by atoms with E-state index in [4.69, 9.17) is 0 Å². The van der Waals surface area contributed by atoms with Gasteiger partial charge in [0.25, 0.3) is 0 Å². The van der Waals surface area contributed by atoms with Gasteiger partial charge < -0.3 is 0 Å². The molecule has 1 atom stereocenters. The number of aryl methyl sites for hydroxylation is 1. The van der Waals surface area contributed by atoms with Crippen molar-refractivity contribution in [3.8, 4) is 0 Å². The lowest BCUT2D eigenvalue weighted by molar-refractivity contribution is 0.445. The molecule has 0 spiro atoms. The number of rotatable bonds is 4. The van der Waals surface area contributed by atoms with Gasteiger partial charge in [0.15, 0.2) is 11.1 Å². The molecule has 18 heavy (non-hydrogen) atoms. The summed E-state index contributed by atoms with van der Waals surface area (Å²) < 4.78 is 15.5. The Morgan fingerprint density at radius 2 is 1.39 bits per heavy atom. The highest BCUT2D eigenvalue weighted by atomic mass is 32.2. The van der Waals surface area contributed by atoms with Crippen molar-refractivity contribution in [2.24, 2.45) is 0 Å². The third-order valence-corrected chi connectivity index (χ3v) is 2.50. The summed E-state index contributed by atoms with van der Waals surface area (Å²) >= 11 is -1.13. The molecule has 0 saturated carbocycles. The highest BCUT2D eigenvalue weighted by Crippen LogP contribution is 2.00.